The van der Waals surface area contributed by atoms with E-state index in [0.717, 1.165) is 45.5 Å². The summed E-state index contributed by atoms with van der Waals surface area (Å²) in [6, 6.07) is 12.2. The molecule has 2 aromatic carbocycles. The zero-order chi connectivity index (χ0) is 23.6. The first-order valence-electron chi connectivity index (χ1n) is 11.4. The van der Waals surface area contributed by atoms with Crippen LogP contribution >= 0.6 is 0 Å². The molecule has 174 valence electrons. The molecule has 33 heavy (non-hydrogen) atoms. The number of nitrogens with one attached hydrogen (secondary N) is 2. The third-order valence-corrected chi connectivity index (χ3v) is 6.88. The fourth-order valence-corrected chi connectivity index (χ4v) is 4.88. The Bertz CT molecular complexity index is 1170. The van der Waals surface area contributed by atoms with Crippen molar-refractivity contribution in [3.8, 4) is 5.75 Å². The number of H-pyrrole nitrogens is 1. The van der Waals surface area contributed by atoms with E-state index in [9.17, 15) is 9.59 Å². The Hall–Kier alpha value is -3.35. The van der Waals surface area contributed by atoms with Crippen LogP contribution in [0.4, 0.5) is 0 Å². The molecule has 1 saturated heterocycles. The highest BCUT2D eigenvalue weighted by molar-refractivity contribution is 5.91. The molecule has 1 aliphatic rings. The van der Waals surface area contributed by atoms with Crippen LogP contribution in [0.15, 0.2) is 36.4 Å². The smallest absolute Gasteiger partial charge is 0.222 e. The van der Waals surface area contributed by atoms with Gasteiger partial charge in [0.25, 0.3) is 0 Å². The number of carbonyl (C=O) groups is 2. The summed E-state index contributed by atoms with van der Waals surface area (Å²) in [6.07, 6.45) is 2.88. The molecule has 3 aromatic rings. The molecule has 2 amide bonds. The number of fused-ring (bicyclic) bond motifs is 1. The second-order valence-corrected chi connectivity index (χ2v) is 9.14. The first kappa shape index (κ1) is 22.8. The number of benzene rings is 2. The summed E-state index contributed by atoms with van der Waals surface area (Å²) in [5.41, 5.74) is 3.68. The fourth-order valence-electron chi connectivity index (χ4n) is 4.88. The van der Waals surface area contributed by atoms with Gasteiger partial charge in [-0.1, -0.05) is 30.3 Å². The zero-order valence-electron chi connectivity index (χ0n) is 19.8. The SMILES string of the molecule is COc1ccc(C[C@@]2(CCC(=O)N(C)Cc3c(C)n[nH]c3C)CCC(=O)N2)c2ccccc12. The Morgan fingerprint density at radius 2 is 1.94 bits per heavy atom. The van der Waals surface area contributed by atoms with E-state index in [1.54, 1.807) is 12.0 Å². The predicted molar refractivity (Wildman–Crippen MR) is 128 cm³/mol. The number of rotatable bonds is 8. The summed E-state index contributed by atoms with van der Waals surface area (Å²) in [7, 11) is 3.50. The largest absolute Gasteiger partial charge is 0.496 e. The Morgan fingerprint density at radius 1 is 1.18 bits per heavy atom. The summed E-state index contributed by atoms with van der Waals surface area (Å²) < 4.78 is 5.53. The molecule has 0 spiro atoms. The van der Waals surface area contributed by atoms with Crippen LogP contribution in [0, 0.1) is 13.8 Å². The Kier molecular flexibility index (Phi) is 6.40. The van der Waals surface area contributed by atoms with Crippen molar-refractivity contribution in [3.63, 3.8) is 0 Å². The van der Waals surface area contributed by atoms with Crippen molar-refractivity contribution in [2.75, 3.05) is 14.2 Å². The molecule has 0 radical (unpaired) electrons. The number of hydrogen-bond acceptors (Lipinski definition) is 4. The van der Waals surface area contributed by atoms with Gasteiger partial charge in [0.2, 0.25) is 11.8 Å². The second kappa shape index (κ2) is 9.25. The molecule has 0 unspecified atom stereocenters. The first-order chi connectivity index (χ1) is 15.8. The lowest BCUT2D eigenvalue weighted by Crippen LogP contribution is -2.44. The maximum absolute atomic E-state index is 13.0. The number of hydrogen-bond donors (Lipinski definition) is 2. The highest BCUT2D eigenvalue weighted by Crippen LogP contribution is 2.35. The van der Waals surface area contributed by atoms with Gasteiger partial charge in [0.05, 0.1) is 12.8 Å². The minimum Gasteiger partial charge on any atom is -0.496 e. The number of aryl methyl sites for hydroxylation is 2. The van der Waals surface area contributed by atoms with E-state index in [-0.39, 0.29) is 11.8 Å². The molecule has 1 aromatic heterocycles. The number of amides is 2. The monoisotopic (exact) mass is 448 g/mol. The van der Waals surface area contributed by atoms with E-state index >= 15 is 0 Å². The average molecular weight is 449 g/mol. The number of methoxy groups -OCH3 is 1. The molecular formula is C26H32N4O3. The lowest BCUT2D eigenvalue weighted by molar-refractivity contribution is -0.131. The van der Waals surface area contributed by atoms with Gasteiger partial charge in [-0.25, -0.2) is 0 Å². The average Bonchev–Trinajstić information content (AvgIpc) is 3.34. The molecule has 2 heterocycles. The Labute approximate surface area is 194 Å². The quantitative estimate of drug-likeness (QED) is 0.548. The van der Waals surface area contributed by atoms with Gasteiger partial charge in [-0.05, 0) is 50.1 Å². The topological polar surface area (TPSA) is 87.3 Å². The number of aromatic amines is 1. The normalized spacial score (nSPS) is 17.9. The van der Waals surface area contributed by atoms with Crippen LogP contribution in [-0.2, 0) is 22.6 Å². The molecule has 4 rings (SSSR count). The van der Waals surface area contributed by atoms with Crippen LogP contribution in [0.3, 0.4) is 0 Å². The van der Waals surface area contributed by atoms with Gasteiger partial charge in [0, 0.05) is 48.6 Å². The first-order valence-corrected chi connectivity index (χ1v) is 11.4. The summed E-state index contributed by atoms with van der Waals surface area (Å²) >= 11 is 0. The van der Waals surface area contributed by atoms with Gasteiger partial charge in [-0.2, -0.15) is 5.10 Å². The van der Waals surface area contributed by atoms with Gasteiger partial charge >= 0.3 is 0 Å². The summed E-state index contributed by atoms with van der Waals surface area (Å²) in [4.78, 5) is 27.0. The second-order valence-electron chi connectivity index (χ2n) is 9.14. The van der Waals surface area contributed by atoms with E-state index in [1.165, 1.54) is 0 Å². The maximum Gasteiger partial charge on any atom is 0.222 e. The minimum absolute atomic E-state index is 0.0540. The zero-order valence-corrected chi connectivity index (χ0v) is 19.8. The maximum atomic E-state index is 13.0. The van der Waals surface area contributed by atoms with Crippen molar-refractivity contribution in [3.05, 3.63) is 58.9 Å². The standard InChI is InChI=1S/C26H32N4O3/c1-17-22(18(2)29-28-17)16-30(3)25(32)12-14-26(13-11-24(31)27-26)15-19-9-10-23(33-4)21-8-6-5-7-20(19)21/h5-10H,11-16H2,1-4H3,(H,27,31)(H,28,29)/t26-/m0/s1. The van der Waals surface area contributed by atoms with Gasteiger partial charge in [-0.15, -0.1) is 0 Å². The summed E-state index contributed by atoms with van der Waals surface area (Å²) in [5.74, 6) is 0.953. The van der Waals surface area contributed by atoms with E-state index in [1.807, 2.05) is 39.1 Å². The van der Waals surface area contributed by atoms with E-state index in [2.05, 4.69) is 33.7 Å². The third-order valence-electron chi connectivity index (χ3n) is 6.88. The predicted octanol–water partition coefficient (Wildman–Crippen LogP) is 3.82. The molecule has 2 N–H and O–H groups in total. The highest BCUT2D eigenvalue weighted by atomic mass is 16.5. The molecule has 0 bridgehead atoms. The molecule has 7 nitrogen and oxygen atoms in total. The molecular weight excluding hydrogens is 416 g/mol. The van der Waals surface area contributed by atoms with Crippen LogP contribution in [0.1, 0.15) is 48.2 Å². The van der Waals surface area contributed by atoms with Crippen LogP contribution in [0.2, 0.25) is 0 Å². The highest BCUT2D eigenvalue weighted by Gasteiger charge is 2.38. The Balaban J connectivity index is 1.51. The molecule has 7 heteroatoms. The molecule has 0 saturated carbocycles. The Morgan fingerprint density at radius 3 is 2.58 bits per heavy atom. The lowest BCUT2D eigenvalue weighted by Gasteiger charge is -2.31. The van der Waals surface area contributed by atoms with E-state index in [4.69, 9.17) is 4.74 Å². The summed E-state index contributed by atoms with van der Waals surface area (Å²) in [5, 5.41) is 12.6. The van der Waals surface area contributed by atoms with E-state index < -0.39 is 5.54 Å². The lowest BCUT2D eigenvalue weighted by atomic mass is 9.83. The van der Waals surface area contributed by atoms with Crippen molar-refractivity contribution < 1.29 is 14.3 Å². The van der Waals surface area contributed by atoms with E-state index in [0.29, 0.717) is 32.2 Å². The van der Waals surface area contributed by atoms with Gasteiger partial charge < -0.3 is 15.0 Å². The van der Waals surface area contributed by atoms with Crippen LogP contribution in [0.5, 0.6) is 5.75 Å². The van der Waals surface area contributed by atoms with Crippen LogP contribution in [-0.4, -0.2) is 46.6 Å². The van der Waals surface area contributed by atoms with Gasteiger partial charge in [0.1, 0.15) is 5.75 Å². The fraction of sp³-hybridized carbons (Fsp3) is 0.423. The molecule has 1 atom stereocenters. The van der Waals surface area contributed by atoms with Crippen LogP contribution < -0.4 is 10.1 Å². The van der Waals surface area contributed by atoms with Gasteiger partial charge in [0.15, 0.2) is 0 Å². The van der Waals surface area contributed by atoms with Crippen molar-refractivity contribution in [2.24, 2.45) is 0 Å². The van der Waals surface area contributed by atoms with Crippen molar-refractivity contribution >= 4 is 22.6 Å². The molecule has 1 fully saturated rings. The number of nitrogens with zero attached hydrogens (tertiary/aromatic N) is 2. The van der Waals surface area contributed by atoms with Crippen molar-refractivity contribution in [2.45, 2.75) is 58.0 Å². The molecule has 0 aliphatic carbocycles. The van der Waals surface area contributed by atoms with Crippen molar-refractivity contribution in [1.82, 2.24) is 20.4 Å². The minimum atomic E-state index is -0.424. The molecule has 1 aliphatic heterocycles. The van der Waals surface area contributed by atoms with Crippen molar-refractivity contribution in [1.29, 1.82) is 0 Å². The number of ether oxygens (including phenoxy) is 1. The summed E-state index contributed by atoms with van der Waals surface area (Å²) in [6.45, 7) is 4.44. The number of aromatic nitrogens is 2. The third kappa shape index (κ3) is 4.72. The van der Waals surface area contributed by atoms with Crippen LogP contribution in [0.25, 0.3) is 10.8 Å². The number of carbonyl (C=O) groups excluding carboxylic acids is 2. The van der Waals surface area contributed by atoms with Gasteiger partial charge in [-0.3, -0.25) is 14.7 Å².